The molecular weight excluding hydrogens is 186 g/mol. The second-order valence-corrected chi connectivity index (χ2v) is 5.28. The Labute approximate surface area is 93.8 Å². The second kappa shape index (κ2) is 5.31. The van der Waals surface area contributed by atoms with E-state index in [4.69, 9.17) is 4.74 Å². The first-order valence-corrected chi connectivity index (χ1v) is 6.67. The Balaban J connectivity index is 1.78. The van der Waals surface area contributed by atoms with E-state index in [1.807, 2.05) is 0 Å². The first-order valence-electron chi connectivity index (χ1n) is 6.67. The Kier molecular flexibility index (Phi) is 4.04. The third-order valence-electron chi connectivity index (χ3n) is 4.19. The third kappa shape index (κ3) is 2.94. The summed E-state index contributed by atoms with van der Waals surface area (Å²) in [5, 5.41) is 3.81. The van der Waals surface area contributed by atoms with Gasteiger partial charge in [-0.3, -0.25) is 0 Å². The highest BCUT2D eigenvalue weighted by Crippen LogP contribution is 2.27. The van der Waals surface area contributed by atoms with E-state index in [1.54, 1.807) is 0 Å². The van der Waals surface area contributed by atoms with Gasteiger partial charge in [-0.05, 0) is 32.1 Å². The second-order valence-electron chi connectivity index (χ2n) is 5.28. The standard InChI is InChI=1S/C13H25NO/c1-3-11-5-4-6-12(9-11)14-13-7-8-15-10(13)2/h10-14H,3-9H2,1-2H3. The summed E-state index contributed by atoms with van der Waals surface area (Å²) in [4.78, 5) is 0. The van der Waals surface area contributed by atoms with Crippen LogP contribution in [0.15, 0.2) is 0 Å². The molecule has 1 N–H and O–H groups in total. The molecule has 4 unspecified atom stereocenters. The van der Waals surface area contributed by atoms with Gasteiger partial charge in [-0.2, -0.15) is 0 Å². The lowest BCUT2D eigenvalue weighted by Crippen LogP contribution is -2.44. The minimum Gasteiger partial charge on any atom is -0.377 e. The monoisotopic (exact) mass is 211 g/mol. The molecule has 1 aliphatic heterocycles. The molecule has 0 amide bonds. The predicted octanol–water partition coefficient (Wildman–Crippen LogP) is 2.72. The Hall–Kier alpha value is -0.0800. The van der Waals surface area contributed by atoms with Gasteiger partial charge in [-0.1, -0.05) is 26.2 Å². The average Bonchev–Trinajstić information content (AvgIpc) is 2.65. The fourth-order valence-corrected chi connectivity index (χ4v) is 3.07. The van der Waals surface area contributed by atoms with E-state index in [1.165, 1.54) is 38.5 Å². The highest BCUT2D eigenvalue weighted by molar-refractivity contribution is 4.85. The van der Waals surface area contributed by atoms with Crippen molar-refractivity contribution in [3.05, 3.63) is 0 Å². The molecule has 88 valence electrons. The molecule has 0 aromatic carbocycles. The molecule has 1 saturated heterocycles. The number of nitrogens with one attached hydrogen (secondary N) is 1. The lowest BCUT2D eigenvalue weighted by Gasteiger charge is -2.32. The van der Waals surface area contributed by atoms with Gasteiger partial charge in [-0.15, -0.1) is 0 Å². The zero-order chi connectivity index (χ0) is 10.7. The van der Waals surface area contributed by atoms with Crippen molar-refractivity contribution in [2.75, 3.05) is 6.61 Å². The van der Waals surface area contributed by atoms with E-state index < -0.39 is 0 Å². The molecule has 0 aromatic rings. The molecule has 4 atom stereocenters. The number of rotatable bonds is 3. The van der Waals surface area contributed by atoms with Crippen molar-refractivity contribution in [2.24, 2.45) is 5.92 Å². The maximum Gasteiger partial charge on any atom is 0.0700 e. The molecule has 2 rings (SSSR count). The zero-order valence-electron chi connectivity index (χ0n) is 10.2. The number of hydrogen-bond donors (Lipinski definition) is 1. The maximum absolute atomic E-state index is 5.60. The van der Waals surface area contributed by atoms with Crippen LogP contribution in [0.25, 0.3) is 0 Å². The van der Waals surface area contributed by atoms with Crippen molar-refractivity contribution >= 4 is 0 Å². The molecule has 15 heavy (non-hydrogen) atoms. The van der Waals surface area contributed by atoms with Crippen molar-refractivity contribution in [1.29, 1.82) is 0 Å². The van der Waals surface area contributed by atoms with Crippen molar-refractivity contribution in [3.63, 3.8) is 0 Å². The van der Waals surface area contributed by atoms with Crippen LogP contribution in [0.1, 0.15) is 52.4 Å². The Morgan fingerprint density at radius 2 is 2.13 bits per heavy atom. The van der Waals surface area contributed by atoms with Crippen LogP contribution in [-0.2, 0) is 4.74 Å². The molecule has 1 aliphatic carbocycles. The van der Waals surface area contributed by atoms with Gasteiger partial charge < -0.3 is 10.1 Å². The molecule has 0 aromatic heterocycles. The summed E-state index contributed by atoms with van der Waals surface area (Å²) >= 11 is 0. The largest absolute Gasteiger partial charge is 0.377 e. The molecule has 0 radical (unpaired) electrons. The lowest BCUT2D eigenvalue weighted by molar-refractivity contribution is 0.107. The average molecular weight is 211 g/mol. The molecule has 0 bridgehead atoms. The van der Waals surface area contributed by atoms with Gasteiger partial charge in [0.15, 0.2) is 0 Å². The van der Waals surface area contributed by atoms with Crippen LogP contribution in [0.2, 0.25) is 0 Å². The van der Waals surface area contributed by atoms with Gasteiger partial charge in [0.2, 0.25) is 0 Å². The van der Waals surface area contributed by atoms with Crippen LogP contribution in [0.3, 0.4) is 0 Å². The van der Waals surface area contributed by atoms with E-state index in [-0.39, 0.29) is 0 Å². The molecule has 2 aliphatic rings. The van der Waals surface area contributed by atoms with Crippen molar-refractivity contribution in [2.45, 2.75) is 70.6 Å². The van der Waals surface area contributed by atoms with Gasteiger partial charge in [0.25, 0.3) is 0 Å². The topological polar surface area (TPSA) is 21.3 Å². The first kappa shape index (κ1) is 11.4. The van der Waals surface area contributed by atoms with Crippen molar-refractivity contribution in [1.82, 2.24) is 5.32 Å². The minimum atomic E-state index is 0.423. The third-order valence-corrected chi connectivity index (χ3v) is 4.19. The highest BCUT2D eigenvalue weighted by Gasteiger charge is 2.28. The summed E-state index contributed by atoms with van der Waals surface area (Å²) in [6, 6.07) is 1.38. The Morgan fingerprint density at radius 1 is 1.27 bits per heavy atom. The summed E-state index contributed by atoms with van der Waals surface area (Å²) in [6.07, 6.45) is 8.61. The minimum absolute atomic E-state index is 0.423. The molecule has 2 nitrogen and oxygen atoms in total. The van der Waals surface area contributed by atoms with Gasteiger partial charge >= 0.3 is 0 Å². The highest BCUT2D eigenvalue weighted by atomic mass is 16.5. The molecule has 1 heterocycles. The van der Waals surface area contributed by atoms with Crippen LogP contribution < -0.4 is 5.32 Å². The summed E-state index contributed by atoms with van der Waals surface area (Å²) in [5.74, 6) is 0.967. The first-order chi connectivity index (χ1) is 7.29. The van der Waals surface area contributed by atoms with E-state index in [0.717, 1.165) is 18.6 Å². The molecule has 0 spiro atoms. The zero-order valence-corrected chi connectivity index (χ0v) is 10.2. The van der Waals surface area contributed by atoms with E-state index in [2.05, 4.69) is 19.2 Å². The maximum atomic E-state index is 5.60. The molecule has 2 heteroatoms. The van der Waals surface area contributed by atoms with E-state index in [9.17, 15) is 0 Å². The van der Waals surface area contributed by atoms with Crippen LogP contribution in [0.5, 0.6) is 0 Å². The SMILES string of the molecule is CCC1CCCC(NC2CCOC2C)C1. The Bertz CT molecular complexity index is 195. The summed E-state index contributed by atoms with van der Waals surface area (Å²) in [7, 11) is 0. The van der Waals surface area contributed by atoms with E-state index in [0.29, 0.717) is 12.1 Å². The van der Waals surface area contributed by atoms with Gasteiger partial charge in [0.05, 0.1) is 6.10 Å². The van der Waals surface area contributed by atoms with Crippen LogP contribution >= 0.6 is 0 Å². The normalized spacial score (nSPS) is 42.0. The lowest BCUT2D eigenvalue weighted by atomic mass is 9.84. The van der Waals surface area contributed by atoms with E-state index >= 15 is 0 Å². The van der Waals surface area contributed by atoms with Gasteiger partial charge in [0.1, 0.15) is 0 Å². The molecule has 1 saturated carbocycles. The van der Waals surface area contributed by atoms with Crippen molar-refractivity contribution < 1.29 is 4.74 Å². The fraction of sp³-hybridized carbons (Fsp3) is 1.00. The van der Waals surface area contributed by atoms with Gasteiger partial charge in [-0.25, -0.2) is 0 Å². The van der Waals surface area contributed by atoms with Crippen LogP contribution in [-0.4, -0.2) is 24.8 Å². The van der Waals surface area contributed by atoms with Crippen molar-refractivity contribution in [3.8, 4) is 0 Å². The molecular formula is C13H25NO. The van der Waals surface area contributed by atoms with Crippen LogP contribution in [0.4, 0.5) is 0 Å². The summed E-state index contributed by atoms with van der Waals surface area (Å²) < 4.78 is 5.60. The Morgan fingerprint density at radius 3 is 2.80 bits per heavy atom. The summed E-state index contributed by atoms with van der Waals surface area (Å²) in [5.41, 5.74) is 0. The number of hydrogen-bond acceptors (Lipinski definition) is 2. The fourth-order valence-electron chi connectivity index (χ4n) is 3.07. The quantitative estimate of drug-likeness (QED) is 0.775. The van der Waals surface area contributed by atoms with Gasteiger partial charge in [0, 0.05) is 18.7 Å². The summed E-state index contributed by atoms with van der Waals surface area (Å²) in [6.45, 7) is 5.47. The molecule has 2 fully saturated rings. The number of ether oxygens (including phenoxy) is 1. The smallest absolute Gasteiger partial charge is 0.0700 e. The van der Waals surface area contributed by atoms with Crippen LogP contribution in [0, 0.1) is 5.92 Å². The predicted molar refractivity (Wildman–Crippen MR) is 63.0 cm³/mol.